The van der Waals surface area contributed by atoms with Gasteiger partial charge in [0.05, 0.1) is 18.8 Å². The summed E-state index contributed by atoms with van der Waals surface area (Å²) >= 11 is 0. The molecule has 1 aromatic rings. The molecule has 0 bridgehead atoms. The molecule has 1 fully saturated rings. The van der Waals surface area contributed by atoms with E-state index in [0.717, 1.165) is 5.69 Å². The fraction of sp³-hybridized carbons (Fsp3) is 0.385. The van der Waals surface area contributed by atoms with Gasteiger partial charge < -0.3 is 4.74 Å². The second-order valence-electron chi connectivity index (χ2n) is 4.60. The smallest absolute Gasteiger partial charge is 0.258 e. The lowest BCUT2D eigenvalue weighted by Gasteiger charge is -2.20. The molecule has 0 saturated carbocycles. The highest BCUT2D eigenvalue weighted by atomic mass is 16.5. The van der Waals surface area contributed by atoms with E-state index in [9.17, 15) is 9.59 Å². The monoisotopic (exact) mass is 274 g/mol. The second kappa shape index (κ2) is 5.01. The van der Waals surface area contributed by atoms with Crippen molar-refractivity contribution < 1.29 is 14.3 Å². The summed E-state index contributed by atoms with van der Waals surface area (Å²) in [6.07, 6.45) is 0. The Balaban J connectivity index is 1.85. The summed E-state index contributed by atoms with van der Waals surface area (Å²) in [5.41, 5.74) is 0.749. The standard InChI is InChI=1S/C13H14N4O3/c1-20-8-7-16-12(18)10-11(13(16)19)17(15-14-10)9-5-3-2-4-6-9/h2-6,10-11H,7-8H2,1H3/t10-,11-/m0/s1. The van der Waals surface area contributed by atoms with Crippen molar-refractivity contribution in [3.63, 3.8) is 0 Å². The van der Waals surface area contributed by atoms with Crippen LogP contribution in [0.4, 0.5) is 5.69 Å². The predicted molar refractivity (Wildman–Crippen MR) is 69.9 cm³/mol. The van der Waals surface area contributed by atoms with E-state index >= 15 is 0 Å². The molecular weight excluding hydrogens is 260 g/mol. The van der Waals surface area contributed by atoms with E-state index in [1.54, 1.807) is 0 Å². The number of imide groups is 1. The van der Waals surface area contributed by atoms with Gasteiger partial charge in [-0.1, -0.05) is 23.4 Å². The first-order valence-corrected chi connectivity index (χ1v) is 6.33. The van der Waals surface area contributed by atoms with Gasteiger partial charge in [-0.25, -0.2) is 5.01 Å². The van der Waals surface area contributed by atoms with Crippen LogP contribution in [-0.2, 0) is 14.3 Å². The van der Waals surface area contributed by atoms with Crippen molar-refractivity contribution in [3.8, 4) is 0 Å². The van der Waals surface area contributed by atoms with E-state index in [4.69, 9.17) is 4.74 Å². The van der Waals surface area contributed by atoms with Crippen LogP contribution in [-0.4, -0.2) is 49.1 Å². The van der Waals surface area contributed by atoms with Gasteiger partial charge in [0.1, 0.15) is 0 Å². The molecule has 0 radical (unpaired) electrons. The molecule has 104 valence electrons. The number of rotatable bonds is 4. The molecule has 2 heterocycles. The summed E-state index contributed by atoms with van der Waals surface area (Å²) in [7, 11) is 1.53. The van der Waals surface area contributed by atoms with Crippen LogP contribution in [0.25, 0.3) is 0 Å². The van der Waals surface area contributed by atoms with Crippen LogP contribution in [0, 0.1) is 0 Å². The summed E-state index contributed by atoms with van der Waals surface area (Å²) in [5, 5.41) is 9.42. The van der Waals surface area contributed by atoms with Crippen LogP contribution in [0.1, 0.15) is 0 Å². The number of carbonyl (C=O) groups excluding carboxylic acids is 2. The van der Waals surface area contributed by atoms with Crippen LogP contribution < -0.4 is 5.01 Å². The summed E-state index contributed by atoms with van der Waals surface area (Å²) in [6, 6.07) is 7.83. The minimum atomic E-state index is -0.737. The largest absolute Gasteiger partial charge is 0.383 e. The first-order valence-electron chi connectivity index (χ1n) is 6.33. The van der Waals surface area contributed by atoms with E-state index in [2.05, 4.69) is 10.3 Å². The molecule has 7 nitrogen and oxygen atoms in total. The van der Waals surface area contributed by atoms with Gasteiger partial charge in [0.2, 0.25) is 0 Å². The third-order valence-corrected chi connectivity index (χ3v) is 3.41. The Morgan fingerprint density at radius 3 is 2.65 bits per heavy atom. The Morgan fingerprint density at radius 2 is 1.95 bits per heavy atom. The van der Waals surface area contributed by atoms with E-state index in [1.807, 2.05) is 30.3 Å². The van der Waals surface area contributed by atoms with Crippen LogP contribution in [0.5, 0.6) is 0 Å². The lowest BCUT2D eigenvalue weighted by Crippen LogP contribution is -2.40. The number of hydrogen-bond donors (Lipinski definition) is 0. The average Bonchev–Trinajstić information content (AvgIpc) is 3.01. The molecule has 0 N–H and O–H groups in total. The highest BCUT2D eigenvalue weighted by molar-refractivity contribution is 6.11. The number of nitrogens with zero attached hydrogens (tertiary/aromatic N) is 4. The van der Waals surface area contributed by atoms with Crippen LogP contribution in [0.2, 0.25) is 0 Å². The van der Waals surface area contributed by atoms with Gasteiger partial charge in [0.15, 0.2) is 12.1 Å². The molecule has 1 aromatic carbocycles. The zero-order chi connectivity index (χ0) is 14.1. The third kappa shape index (κ3) is 1.87. The summed E-state index contributed by atoms with van der Waals surface area (Å²) < 4.78 is 4.92. The second-order valence-corrected chi connectivity index (χ2v) is 4.60. The highest BCUT2D eigenvalue weighted by Gasteiger charge is 2.54. The molecule has 20 heavy (non-hydrogen) atoms. The van der Waals surface area contributed by atoms with Crippen molar-refractivity contribution in [1.29, 1.82) is 0 Å². The number of anilines is 1. The van der Waals surface area contributed by atoms with Gasteiger partial charge in [-0.05, 0) is 12.1 Å². The van der Waals surface area contributed by atoms with Gasteiger partial charge in [0.25, 0.3) is 11.8 Å². The zero-order valence-corrected chi connectivity index (χ0v) is 11.0. The minimum absolute atomic E-state index is 0.249. The number of likely N-dealkylation sites (tertiary alicyclic amines) is 1. The number of benzene rings is 1. The van der Waals surface area contributed by atoms with Crippen molar-refractivity contribution in [2.75, 3.05) is 25.3 Å². The van der Waals surface area contributed by atoms with E-state index in [-0.39, 0.29) is 18.4 Å². The van der Waals surface area contributed by atoms with Gasteiger partial charge in [-0.3, -0.25) is 14.5 Å². The molecule has 2 atom stereocenters. The lowest BCUT2D eigenvalue weighted by molar-refractivity contribution is -0.139. The number of fused-ring (bicyclic) bond motifs is 1. The molecule has 2 aliphatic heterocycles. The van der Waals surface area contributed by atoms with Crippen LogP contribution in [0.3, 0.4) is 0 Å². The van der Waals surface area contributed by atoms with Gasteiger partial charge >= 0.3 is 0 Å². The maximum atomic E-state index is 12.4. The number of methoxy groups -OCH3 is 1. The molecule has 0 aromatic heterocycles. The van der Waals surface area contributed by atoms with Crippen LogP contribution in [0.15, 0.2) is 40.7 Å². The Morgan fingerprint density at radius 1 is 1.20 bits per heavy atom. The van der Waals surface area contributed by atoms with Crippen molar-refractivity contribution in [1.82, 2.24) is 4.90 Å². The van der Waals surface area contributed by atoms with Crippen molar-refractivity contribution in [3.05, 3.63) is 30.3 Å². The highest BCUT2D eigenvalue weighted by Crippen LogP contribution is 2.31. The first kappa shape index (κ1) is 12.7. The van der Waals surface area contributed by atoms with E-state index in [0.29, 0.717) is 6.61 Å². The third-order valence-electron chi connectivity index (χ3n) is 3.41. The molecule has 0 aliphatic carbocycles. The fourth-order valence-electron chi connectivity index (χ4n) is 2.41. The van der Waals surface area contributed by atoms with Crippen molar-refractivity contribution >= 4 is 17.5 Å². The minimum Gasteiger partial charge on any atom is -0.383 e. The average molecular weight is 274 g/mol. The summed E-state index contributed by atoms with van der Waals surface area (Å²) in [4.78, 5) is 25.7. The maximum absolute atomic E-state index is 12.4. The number of para-hydroxylation sites is 1. The number of hydrogen-bond acceptors (Lipinski definition) is 6. The van der Waals surface area contributed by atoms with Crippen LogP contribution >= 0.6 is 0 Å². The quantitative estimate of drug-likeness (QED) is 0.755. The topological polar surface area (TPSA) is 74.6 Å². The molecule has 3 rings (SSSR count). The molecule has 2 aliphatic rings. The lowest BCUT2D eigenvalue weighted by atomic mass is 10.1. The summed E-state index contributed by atoms with van der Waals surface area (Å²) in [5.74, 6) is -0.579. The van der Waals surface area contributed by atoms with Gasteiger partial charge in [0, 0.05) is 7.11 Å². The zero-order valence-electron chi connectivity index (χ0n) is 11.0. The van der Waals surface area contributed by atoms with E-state index < -0.39 is 12.1 Å². The first-order chi connectivity index (χ1) is 9.74. The van der Waals surface area contributed by atoms with Gasteiger partial charge in [-0.2, -0.15) is 5.11 Å². The number of ether oxygens (including phenoxy) is 1. The maximum Gasteiger partial charge on any atom is 0.258 e. The Bertz CT molecular complexity index is 560. The summed E-state index contributed by atoms with van der Waals surface area (Å²) in [6.45, 7) is 0.568. The Hall–Kier alpha value is -2.28. The van der Waals surface area contributed by atoms with Gasteiger partial charge in [-0.15, -0.1) is 0 Å². The van der Waals surface area contributed by atoms with Crippen molar-refractivity contribution in [2.45, 2.75) is 12.1 Å². The number of carbonyl (C=O) groups is 2. The SMILES string of the molecule is COCCN1C(=O)[C@H]2N=NN(c3ccccc3)[C@@H]2C1=O. The normalized spacial score (nSPS) is 24.6. The predicted octanol–water partition coefficient (Wildman–Crippen LogP) is 0.626. The van der Waals surface area contributed by atoms with E-state index in [1.165, 1.54) is 17.0 Å². The molecule has 0 unspecified atom stereocenters. The molecule has 7 heteroatoms. The van der Waals surface area contributed by atoms with Crippen molar-refractivity contribution in [2.24, 2.45) is 10.3 Å². The Labute approximate surface area is 115 Å². The molecular formula is C13H14N4O3. The molecule has 1 saturated heterocycles. The molecule has 0 spiro atoms. The number of amides is 2. The fourth-order valence-corrected chi connectivity index (χ4v) is 2.41. The molecule has 2 amide bonds. The Kier molecular flexibility index (Phi) is 3.19.